The Kier molecular flexibility index (Phi) is 3.58. The molecular weight excluding hydrogens is 390 g/mol. The summed E-state index contributed by atoms with van der Waals surface area (Å²) in [5.41, 5.74) is 7.84. The quantitative estimate of drug-likeness (QED) is 0.280. The summed E-state index contributed by atoms with van der Waals surface area (Å²) < 4.78 is 8.38. The summed E-state index contributed by atoms with van der Waals surface area (Å²) in [5, 5.41) is 4.86. The van der Waals surface area contributed by atoms with Gasteiger partial charge in [0, 0.05) is 27.2 Å². The van der Waals surface area contributed by atoms with Gasteiger partial charge in [0.25, 0.3) is 0 Å². The van der Waals surface area contributed by atoms with Gasteiger partial charge >= 0.3 is 0 Å². The van der Waals surface area contributed by atoms with E-state index in [1.54, 1.807) is 0 Å². The van der Waals surface area contributed by atoms with Crippen LogP contribution in [0.2, 0.25) is 0 Å². The molecule has 2 aromatic heterocycles. The fourth-order valence-electron chi connectivity index (χ4n) is 4.93. The van der Waals surface area contributed by atoms with E-state index in [0.29, 0.717) is 0 Å². The van der Waals surface area contributed by atoms with Crippen molar-refractivity contribution < 1.29 is 4.42 Å². The zero-order chi connectivity index (χ0) is 21.1. The van der Waals surface area contributed by atoms with E-state index in [1.165, 1.54) is 32.9 Å². The maximum atomic E-state index is 6.02. The lowest BCUT2D eigenvalue weighted by molar-refractivity contribution is 0.669. The van der Waals surface area contributed by atoms with Gasteiger partial charge in [-0.3, -0.25) is 0 Å². The number of fused-ring (bicyclic) bond motifs is 6. The molecule has 5 aromatic carbocycles. The largest absolute Gasteiger partial charge is 0.456 e. The van der Waals surface area contributed by atoms with Crippen molar-refractivity contribution in [2.75, 3.05) is 0 Å². The minimum Gasteiger partial charge on any atom is -0.456 e. The van der Waals surface area contributed by atoms with Crippen LogP contribution in [-0.2, 0) is 0 Å². The first-order chi connectivity index (χ1) is 15.9. The number of rotatable bonds is 2. The third-order valence-electron chi connectivity index (χ3n) is 6.39. The van der Waals surface area contributed by atoms with Crippen LogP contribution in [0.4, 0.5) is 0 Å². The van der Waals surface area contributed by atoms with Gasteiger partial charge in [-0.15, -0.1) is 0 Å². The highest BCUT2D eigenvalue weighted by atomic mass is 16.3. The van der Waals surface area contributed by atoms with Crippen molar-refractivity contribution in [3.63, 3.8) is 0 Å². The topological polar surface area (TPSA) is 18.1 Å². The van der Waals surface area contributed by atoms with E-state index in [1.807, 2.05) is 12.1 Å². The molecule has 0 amide bonds. The number of para-hydroxylation sites is 3. The predicted molar refractivity (Wildman–Crippen MR) is 133 cm³/mol. The summed E-state index contributed by atoms with van der Waals surface area (Å²) >= 11 is 0. The normalized spacial score (nSPS) is 11.8. The molecule has 0 unspecified atom stereocenters. The average Bonchev–Trinajstić information content (AvgIpc) is 3.39. The lowest BCUT2D eigenvalue weighted by Gasteiger charge is -2.10. The minimum absolute atomic E-state index is 0.925. The number of benzene rings is 5. The molecule has 0 spiro atoms. The van der Waals surface area contributed by atoms with Crippen molar-refractivity contribution in [3.05, 3.63) is 115 Å². The first-order valence-corrected chi connectivity index (χ1v) is 10.9. The number of furan rings is 1. The Labute approximate surface area is 184 Å². The van der Waals surface area contributed by atoms with Gasteiger partial charge in [-0.25, -0.2) is 0 Å². The van der Waals surface area contributed by atoms with E-state index in [-0.39, 0.29) is 0 Å². The second-order valence-corrected chi connectivity index (χ2v) is 8.23. The van der Waals surface area contributed by atoms with Crippen LogP contribution in [0.5, 0.6) is 0 Å². The maximum Gasteiger partial charge on any atom is 0.135 e. The first kappa shape index (κ1) is 17.4. The van der Waals surface area contributed by atoms with Crippen molar-refractivity contribution in [1.82, 2.24) is 4.57 Å². The molecule has 32 heavy (non-hydrogen) atoms. The smallest absolute Gasteiger partial charge is 0.135 e. The molecule has 0 aliphatic heterocycles. The molecule has 0 radical (unpaired) electrons. The molecule has 0 N–H and O–H groups in total. The van der Waals surface area contributed by atoms with E-state index in [4.69, 9.17) is 4.42 Å². The molecule has 0 atom stereocenters. The average molecular weight is 409 g/mol. The third-order valence-corrected chi connectivity index (χ3v) is 6.39. The van der Waals surface area contributed by atoms with Gasteiger partial charge in [0.2, 0.25) is 0 Å². The highest BCUT2D eigenvalue weighted by molar-refractivity contribution is 6.09. The fourth-order valence-corrected chi connectivity index (χ4v) is 4.93. The molecule has 2 heterocycles. The van der Waals surface area contributed by atoms with Gasteiger partial charge in [0.1, 0.15) is 11.2 Å². The zero-order valence-electron chi connectivity index (χ0n) is 17.3. The number of hydrogen-bond donors (Lipinski definition) is 0. The Hall–Kier alpha value is -4.30. The molecule has 0 bridgehead atoms. The summed E-state index contributed by atoms with van der Waals surface area (Å²) in [7, 11) is 0. The fraction of sp³-hybridized carbons (Fsp3) is 0. The molecule has 0 fully saturated rings. The predicted octanol–water partition coefficient (Wildman–Crippen LogP) is 8.35. The lowest BCUT2D eigenvalue weighted by atomic mass is 10.0. The SMILES string of the molecule is c1cc(-c2ccc3oc4ccccc4c3c2)cc(-n2c3ccccc3c3ccccc32)c1. The highest BCUT2D eigenvalue weighted by Gasteiger charge is 2.13. The molecule has 0 aliphatic carbocycles. The number of aromatic nitrogens is 1. The monoisotopic (exact) mass is 409 g/mol. The molecule has 150 valence electrons. The Morgan fingerprint density at radius 1 is 0.438 bits per heavy atom. The Morgan fingerprint density at radius 2 is 1.06 bits per heavy atom. The van der Waals surface area contributed by atoms with Gasteiger partial charge in [0.15, 0.2) is 0 Å². The van der Waals surface area contributed by atoms with Crippen LogP contribution in [0.25, 0.3) is 60.6 Å². The van der Waals surface area contributed by atoms with Crippen molar-refractivity contribution in [1.29, 1.82) is 0 Å². The van der Waals surface area contributed by atoms with E-state index in [0.717, 1.165) is 27.6 Å². The molecule has 2 nitrogen and oxygen atoms in total. The summed E-state index contributed by atoms with van der Waals surface area (Å²) in [6.45, 7) is 0. The summed E-state index contributed by atoms with van der Waals surface area (Å²) in [4.78, 5) is 0. The summed E-state index contributed by atoms with van der Waals surface area (Å²) in [5.74, 6) is 0. The second kappa shape index (κ2) is 6.60. The minimum atomic E-state index is 0.925. The van der Waals surface area contributed by atoms with Crippen LogP contribution in [0, 0.1) is 0 Å². The van der Waals surface area contributed by atoms with Crippen LogP contribution >= 0.6 is 0 Å². The van der Waals surface area contributed by atoms with Crippen molar-refractivity contribution in [2.45, 2.75) is 0 Å². The van der Waals surface area contributed by atoms with Gasteiger partial charge in [-0.05, 0) is 53.6 Å². The number of nitrogens with zero attached hydrogens (tertiary/aromatic N) is 1. The lowest BCUT2D eigenvalue weighted by Crippen LogP contribution is -1.94. The van der Waals surface area contributed by atoms with Crippen LogP contribution < -0.4 is 0 Å². The van der Waals surface area contributed by atoms with Gasteiger partial charge in [0.05, 0.1) is 11.0 Å². The third kappa shape index (κ3) is 2.47. The second-order valence-electron chi connectivity index (χ2n) is 8.23. The summed E-state index contributed by atoms with van der Waals surface area (Å²) in [6.07, 6.45) is 0. The maximum absolute atomic E-state index is 6.02. The van der Waals surface area contributed by atoms with Gasteiger partial charge in [-0.1, -0.05) is 72.8 Å². The number of hydrogen-bond acceptors (Lipinski definition) is 1. The van der Waals surface area contributed by atoms with Crippen molar-refractivity contribution in [3.8, 4) is 16.8 Å². The molecule has 0 saturated carbocycles. The van der Waals surface area contributed by atoms with Crippen LogP contribution in [-0.4, -0.2) is 4.57 Å². The van der Waals surface area contributed by atoms with E-state index in [2.05, 4.69) is 108 Å². The van der Waals surface area contributed by atoms with Gasteiger partial charge in [-0.2, -0.15) is 0 Å². The molecular formula is C30H19NO. The summed E-state index contributed by atoms with van der Waals surface area (Å²) in [6, 6.07) is 40.7. The van der Waals surface area contributed by atoms with Gasteiger partial charge < -0.3 is 8.98 Å². The van der Waals surface area contributed by atoms with E-state index < -0.39 is 0 Å². The Balaban J connectivity index is 1.45. The Morgan fingerprint density at radius 3 is 1.84 bits per heavy atom. The highest BCUT2D eigenvalue weighted by Crippen LogP contribution is 2.35. The van der Waals surface area contributed by atoms with Crippen LogP contribution in [0.15, 0.2) is 120 Å². The van der Waals surface area contributed by atoms with Crippen LogP contribution in [0.3, 0.4) is 0 Å². The Bertz CT molecular complexity index is 1730. The molecule has 7 aromatic rings. The molecule has 7 rings (SSSR count). The first-order valence-electron chi connectivity index (χ1n) is 10.9. The zero-order valence-corrected chi connectivity index (χ0v) is 17.3. The van der Waals surface area contributed by atoms with Crippen molar-refractivity contribution in [2.24, 2.45) is 0 Å². The standard InChI is InChI=1S/C30H19NO/c1-4-13-27-23(10-1)24-11-2-5-14-28(24)31(27)22-9-7-8-20(18-22)21-16-17-30-26(19-21)25-12-3-6-15-29(25)32-30/h1-19H. The van der Waals surface area contributed by atoms with Crippen molar-refractivity contribution >= 4 is 43.7 Å². The molecule has 2 heteroatoms. The van der Waals surface area contributed by atoms with E-state index in [9.17, 15) is 0 Å². The van der Waals surface area contributed by atoms with Crippen LogP contribution in [0.1, 0.15) is 0 Å². The van der Waals surface area contributed by atoms with E-state index >= 15 is 0 Å². The molecule has 0 aliphatic rings. The molecule has 0 saturated heterocycles.